The molecule has 0 radical (unpaired) electrons. The molecule has 25 heavy (non-hydrogen) atoms. The van der Waals surface area contributed by atoms with Crippen molar-refractivity contribution in [1.29, 1.82) is 0 Å². The summed E-state index contributed by atoms with van der Waals surface area (Å²) in [7, 11) is 0. The fourth-order valence-corrected chi connectivity index (χ4v) is 2.48. The van der Waals surface area contributed by atoms with E-state index < -0.39 is 12.5 Å². The van der Waals surface area contributed by atoms with Crippen molar-refractivity contribution in [2.75, 3.05) is 0 Å². The first kappa shape index (κ1) is 17.3. The molecule has 1 heterocycles. The van der Waals surface area contributed by atoms with Crippen LogP contribution in [0.4, 0.5) is 0 Å². The molecule has 2 aromatic carbocycles. The van der Waals surface area contributed by atoms with E-state index in [2.05, 4.69) is 0 Å². The van der Waals surface area contributed by atoms with Crippen LogP contribution in [-0.4, -0.2) is 12.5 Å². The van der Waals surface area contributed by atoms with Gasteiger partial charge in [-0.05, 0) is 49.2 Å². The van der Waals surface area contributed by atoms with E-state index in [1.807, 2.05) is 13.8 Å². The van der Waals surface area contributed by atoms with E-state index in [0.717, 1.165) is 0 Å². The molecule has 132 valence electrons. The Morgan fingerprint density at radius 1 is 0.880 bits per heavy atom. The molecule has 0 saturated carbocycles. The van der Waals surface area contributed by atoms with E-state index in [1.165, 1.54) is 0 Å². The summed E-state index contributed by atoms with van der Waals surface area (Å²) in [5.74, 6) is 1.07. The van der Waals surface area contributed by atoms with Crippen LogP contribution < -0.4 is 26.4 Å². The van der Waals surface area contributed by atoms with Gasteiger partial charge in [-0.1, -0.05) is 13.8 Å². The van der Waals surface area contributed by atoms with Crippen molar-refractivity contribution in [3.8, 4) is 11.5 Å². The summed E-state index contributed by atoms with van der Waals surface area (Å²) in [6, 6.07) is 10.2. The van der Waals surface area contributed by atoms with Crippen molar-refractivity contribution in [3.63, 3.8) is 0 Å². The molecule has 0 aliphatic carbocycles. The zero-order valence-electron chi connectivity index (χ0n) is 14.3. The van der Waals surface area contributed by atoms with Crippen molar-refractivity contribution in [2.45, 2.75) is 39.1 Å². The smallest absolute Gasteiger partial charge is 0.200 e. The molecule has 0 fully saturated rings. The normalized spacial score (nSPS) is 13.8. The second-order valence-corrected chi connectivity index (χ2v) is 5.88. The Labute approximate surface area is 145 Å². The van der Waals surface area contributed by atoms with E-state index in [0.29, 0.717) is 46.3 Å². The number of hydrogen-bond acceptors (Lipinski definition) is 6. The first-order valence-corrected chi connectivity index (χ1v) is 8.37. The second-order valence-electron chi connectivity index (χ2n) is 5.88. The Hall–Kier alpha value is -2.57. The van der Waals surface area contributed by atoms with Crippen LogP contribution in [0.15, 0.2) is 45.6 Å². The highest BCUT2D eigenvalue weighted by Gasteiger charge is 2.12. The minimum atomic E-state index is -0.416. The lowest BCUT2D eigenvalue weighted by molar-refractivity contribution is 0.205. The molecule has 3 aromatic rings. The van der Waals surface area contributed by atoms with E-state index in [-0.39, 0.29) is 5.43 Å². The first-order chi connectivity index (χ1) is 12.0. The fraction of sp³-hybridized carbons (Fsp3) is 0.316. The lowest BCUT2D eigenvalue weighted by atomic mass is 10.1. The number of hydrogen-bond donors (Lipinski definition) is 2. The lowest BCUT2D eigenvalue weighted by Gasteiger charge is -2.13. The Morgan fingerprint density at radius 3 is 1.72 bits per heavy atom. The maximum absolute atomic E-state index is 12.9. The third-order valence-electron chi connectivity index (χ3n) is 3.99. The molecule has 0 saturated heterocycles. The summed E-state index contributed by atoms with van der Waals surface area (Å²) in [5, 5.41) is 0.871. The quantitative estimate of drug-likeness (QED) is 0.527. The molecule has 2 atom stereocenters. The highest BCUT2D eigenvalue weighted by Crippen LogP contribution is 2.25. The number of ether oxygens (including phenoxy) is 2. The number of rotatable bonds is 6. The van der Waals surface area contributed by atoms with E-state index >= 15 is 0 Å². The summed E-state index contributed by atoms with van der Waals surface area (Å²) in [6.45, 7) is 3.85. The maximum atomic E-state index is 12.9. The predicted octanol–water partition coefficient (Wildman–Crippen LogP) is 3.09. The van der Waals surface area contributed by atoms with Crippen LogP contribution in [0.3, 0.4) is 0 Å². The van der Waals surface area contributed by atoms with Crippen LogP contribution in [0.25, 0.3) is 21.9 Å². The van der Waals surface area contributed by atoms with Crippen LogP contribution >= 0.6 is 0 Å². The topological polar surface area (TPSA) is 101 Å². The predicted molar refractivity (Wildman–Crippen MR) is 97.8 cm³/mol. The van der Waals surface area contributed by atoms with Gasteiger partial charge in [0.1, 0.15) is 35.1 Å². The molecule has 0 aliphatic rings. The maximum Gasteiger partial charge on any atom is 0.200 e. The van der Waals surface area contributed by atoms with Crippen molar-refractivity contribution < 1.29 is 13.9 Å². The van der Waals surface area contributed by atoms with E-state index in [9.17, 15) is 4.79 Å². The summed E-state index contributed by atoms with van der Waals surface area (Å²) in [6.07, 6.45) is 0.506. The highest BCUT2D eigenvalue weighted by atomic mass is 16.5. The van der Waals surface area contributed by atoms with Crippen LogP contribution in [-0.2, 0) is 0 Å². The van der Waals surface area contributed by atoms with Gasteiger partial charge in [0.15, 0.2) is 0 Å². The zero-order chi connectivity index (χ0) is 18.0. The molecule has 4 N–H and O–H groups in total. The van der Waals surface area contributed by atoms with Gasteiger partial charge in [0.2, 0.25) is 5.43 Å². The van der Waals surface area contributed by atoms with Gasteiger partial charge in [0.25, 0.3) is 0 Å². The molecular formula is C19H22N2O4. The molecule has 6 heteroatoms. The van der Waals surface area contributed by atoms with E-state index in [4.69, 9.17) is 25.4 Å². The molecule has 1 aromatic heterocycles. The van der Waals surface area contributed by atoms with Crippen molar-refractivity contribution in [1.82, 2.24) is 0 Å². The van der Waals surface area contributed by atoms with Crippen LogP contribution in [0.2, 0.25) is 0 Å². The van der Waals surface area contributed by atoms with Gasteiger partial charge in [-0.25, -0.2) is 0 Å². The molecule has 0 bridgehead atoms. The molecular weight excluding hydrogens is 320 g/mol. The van der Waals surface area contributed by atoms with Crippen molar-refractivity contribution >= 4 is 21.9 Å². The molecule has 3 rings (SSSR count). The van der Waals surface area contributed by atoms with Gasteiger partial charge in [-0.2, -0.15) is 0 Å². The summed E-state index contributed by atoms with van der Waals surface area (Å²) < 4.78 is 17.0. The monoisotopic (exact) mass is 342 g/mol. The van der Waals surface area contributed by atoms with Crippen LogP contribution in [0, 0.1) is 0 Å². The third-order valence-corrected chi connectivity index (χ3v) is 3.99. The minimum Gasteiger partial charge on any atom is -0.476 e. The first-order valence-electron chi connectivity index (χ1n) is 8.37. The number of fused-ring (bicyclic) bond motifs is 2. The number of nitrogens with two attached hydrogens (primary N) is 2. The Balaban J connectivity index is 2.09. The average molecular weight is 342 g/mol. The molecule has 6 nitrogen and oxygen atoms in total. The summed E-state index contributed by atoms with van der Waals surface area (Å²) in [5.41, 5.74) is 12.4. The third kappa shape index (κ3) is 3.60. The molecule has 0 aliphatic heterocycles. The average Bonchev–Trinajstić information content (AvgIpc) is 2.62. The Morgan fingerprint density at radius 2 is 1.32 bits per heavy atom. The minimum absolute atomic E-state index is 0.151. The summed E-state index contributed by atoms with van der Waals surface area (Å²) in [4.78, 5) is 12.9. The summed E-state index contributed by atoms with van der Waals surface area (Å²) >= 11 is 0. The van der Waals surface area contributed by atoms with Gasteiger partial charge in [0, 0.05) is 0 Å². The van der Waals surface area contributed by atoms with Crippen LogP contribution in [0.5, 0.6) is 11.5 Å². The van der Waals surface area contributed by atoms with Crippen LogP contribution in [0.1, 0.15) is 26.7 Å². The molecule has 0 spiro atoms. The lowest BCUT2D eigenvalue weighted by Crippen LogP contribution is -2.25. The Kier molecular flexibility index (Phi) is 4.92. The standard InChI is InChI=1S/C19H22N2O4/c1-3-17(20)23-11-5-7-15-13(9-11)19(22)14-10-12(24-18(21)4-2)6-8-16(14)25-15/h5-10,17-18H,3-4,20-21H2,1-2H3. The van der Waals surface area contributed by atoms with Gasteiger partial charge in [-0.15, -0.1) is 0 Å². The number of benzene rings is 2. The molecule has 2 unspecified atom stereocenters. The molecule has 0 amide bonds. The zero-order valence-corrected chi connectivity index (χ0v) is 14.3. The van der Waals surface area contributed by atoms with E-state index in [1.54, 1.807) is 36.4 Å². The SMILES string of the molecule is CCC(N)Oc1ccc2oc3ccc(OC(N)CC)cc3c(=O)c2c1. The second kappa shape index (κ2) is 7.13. The van der Waals surface area contributed by atoms with Gasteiger partial charge in [0.05, 0.1) is 10.8 Å². The largest absolute Gasteiger partial charge is 0.476 e. The van der Waals surface area contributed by atoms with Gasteiger partial charge in [-0.3, -0.25) is 16.3 Å². The van der Waals surface area contributed by atoms with Gasteiger partial charge < -0.3 is 13.9 Å². The van der Waals surface area contributed by atoms with Crippen molar-refractivity contribution in [2.24, 2.45) is 11.5 Å². The van der Waals surface area contributed by atoms with Gasteiger partial charge >= 0.3 is 0 Å². The fourth-order valence-electron chi connectivity index (χ4n) is 2.48. The highest BCUT2D eigenvalue weighted by molar-refractivity contribution is 5.90. The Bertz CT molecular complexity index is 878. The van der Waals surface area contributed by atoms with Crippen molar-refractivity contribution in [3.05, 3.63) is 46.6 Å².